The summed E-state index contributed by atoms with van der Waals surface area (Å²) >= 11 is 2.26. The summed E-state index contributed by atoms with van der Waals surface area (Å²) in [6.07, 6.45) is 2.25. The first-order valence-electron chi connectivity index (χ1n) is 5.47. The molecule has 16 heavy (non-hydrogen) atoms. The molecule has 2 N–H and O–H groups in total. The number of hydrogen-bond acceptors (Lipinski definition) is 2. The van der Waals surface area contributed by atoms with Gasteiger partial charge in [0.15, 0.2) is 0 Å². The van der Waals surface area contributed by atoms with Crippen molar-refractivity contribution in [3.63, 3.8) is 0 Å². The summed E-state index contributed by atoms with van der Waals surface area (Å²) in [5.74, 6) is 0.0843. The van der Waals surface area contributed by atoms with E-state index in [4.69, 9.17) is 0 Å². The van der Waals surface area contributed by atoms with Crippen molar-refractivity contribution in [2.24, 2.45) is 0 Å². The van der Waals surface area contributed by atoms with E-state index in [1.165, 1.54) is 3.57 Å². The van der Waals surface area contributed by atoms with E-state index in [9.17, 15) is 4.79 Å². The van der Waals surface area contributed by atoms with E-state index >= 15 is 0 Å². The fraction of sp³-hybridized carbons (Fsp3) is 0.417. The van der Waals surface area contributed by atoms with Gasteiger partial charge in [0, 0.05) is 15.3 Å². The van der Waals surface area contributed by atoms with E-state index in [-0.39, 0.29) is 11.9 Å². The first-order chi connectivity index (χ1) is 7.65. The molecule has 0 radical (unpaired) electrons. The van der Waals surface area contributed by atoms with E-state index < -0.39 is 0 Å². The predicted molar refractivity (Wildman–Crippen MR) is 73.4 cm³/mol. The fourth-order valence-electron chi connectivity index (χ4n) is 1.42. The average Bonchev–Trinajstić information content (AvgIpc) is 3.05. The van der Waals surface area contributed by atoms with Crippen molar-refractivity contribution in [2.45, 2.75) is 31.8 Å². The van der Waals surface area contributed by atoms with Gasteiger partial charge in [-0.3, -0.25) is 4.79 Å². The molecule has 1 amide bonds. The van der Waals surface area contributed by atoms with E-state index in [0.29, 0.717) is 6.04 Å². The lowest BCUT2D eigenvalue weighted by Gasteiger charge is -2.14. The van der Waals surface area contributed by atoms with Crippen LogP contribution in [0.15, 0.2) is 24.3 Å². The maximum Gasteiger partial charge on any atom is 0.242 e. The summed E-state index contributed by atoms with van der Waals surface area (Å²) in [5, 5.41) is 6.17. The van der Waals surface area contributed by atoms with Crippen LogP contribution in [0.1, 0.15) is 19.8 Å². The number of hydrogen-bond donors (Lipinski definition) is 2. The van der Waals surface area contributed by atoms with Crippen molar-refractivity contribution < 1.29 is 4.79 Å². The van der Waals surface area contributed by atoms with Crippen LogP contribution in [0.5, 0.6) is 0 Å². The lowest BCUT2D eigenvalue weighted by Crippen LogP contribution is -2.38. The Bertz CT molecular complexity index is 373. The highest BCUT2D eigenvalue weighted by atomic mass is 127. The third-order valence-electron chi connectivity index (χ3n) is 2.54. The van der Waals surface area contributed by atoms with Crippen LogP contribution >= 0.6 is 22.6 Å². The number of carbonyl (C=O) groups excluding carboxylic acids is 1. The summed E-state index contributed by atoms with van der Waals surface area (Å²) in [5.41, 5.74) is 0.985. The third kappa shape index (κ3) is 3.37. The Morgan fingerprint density at radius 2 is 2.00 bits per heavy atom. The number of halogens is 1. The van der Waals surface area contributed by atoms with Gasteiger partial charge in [0.1, 0.15) is 6.04 Å². The highest BCUT2D eigenvalue weighted by Gasteiger charge is 2.25. The highest BCUT2D eigenvalue weighted by Crippen LogP contribution is 2.19. The molecular formula is C12H15IN2O. The summed E-state index contributed by atoms with van der Waals surface area (Å²) in [6.45, 7) is 1.88. The zero-order valence-corrected chi connectivity index (χ0v) is 11.3. The van der Waals surface area contributed by atoms with Crippen molar-refractivity contribution in [1.29, 1.82) is 0 Å². The molecule has 4 heteroatoms. The first-order valence-corrected chi connectivity index (χ1v) is 6.55. The van der Waals surface area contributed by atoms with Gasteiger partial charge in [-0.05, 0) is 66.6 Å². The van der Waals surface area contributed by atoms with Crippen LogP contribution in [-0.4, -0.2) is 18.0 Å². The molecule has 1 aliphatic carbocycles. The molecule has 1 atom stereocenters. The Morgan fingerprint density at radius 3 is 2.56 bits per heavy atom. The number of anilines is 1. The maximum absolute atomic E-state index is 11.7. The summed E-state index contributed by atoms with van der Waals surface area (Å²) in [6, 6.07) is 8.27. The molecule has 0 bridgehead atoms. The standard InChI is InChI=1S/C12H15IN2O/c1-8(12(16)15-11-6-7-11)14-10-4-2-9(13)3-5-10/h2-5,8,11,14H,6-7H2,1H3,(H,15,16)/t8-/m1/s1. The second kappa shape index (κ2) is 5.03. The van der Waals surface area contributed by atoms with Crippen LogP contribution in [0.25, 0.3) is 0 Å². The van der Waals surface area contributed by atoms with Gasteiger partial charge >= 0.3 is 0 Å². The normalized spacial score (nSPS) is 16.6. The van der Waals surface area contributed by atoms with E-state index in [0.717, 1.165) is 18.5 Å². The Balaban J connectivity index is 1.87. The highest BCUT2D eigenvalue weighted by molar-refractivity contribution is 14.1. The third-order valence-corrected chi connectivity index (χ3v) is 3.26. The number of carbonyl (C=O) groups is 1. The van der Waals surface area contributed by atoms with Crippen molar-refractivity contribution in [3.05, 3.63) is 27.8 Å². The monoisotopic (exact) mass is 330 g/mol. The maximum atomic E-state index is 11.7. The van der Waals surface area contributed by atoms with Crippen LogP contribution in [0.3, 0.4) is 0 Å². The fourth-order valence-corrected chi connectivity index (χ4v) is 1.78. The molecule has 2 rings (SSSR count). The number of rotatable bonds is 4. The van der Waals surface area contributed by atoms with Crippen LogP contribution in [0, 0.1) is 3.57 Å². The molecule has 1 saturated carbocycles. The molecule has 0 unspecified atom stereocenters. The summed E-state index contributed by atoms with van der Waals surface area (Å²) < 4.78 is 1.19. The minimum Gasteiger partial charge on any atom is -0.374 e. The second-order valence-electron chi connectivity index (χ2n) is 4.16. The molecule has 0 spiro atoms. The zero-order valence-electron chi connectivity index (χ0n) is 9.16. The quantitative estimate of drug-likeness (QED) is 0.833. The molecular weight excluding hydrogens is 315 g/mol. The number of benzene rings is 1. The van der Waals surface area contributed by atoms with Gasteiger partial charge < -0.3 is 10.6 Å². The van der Waals surface area contributed by atoms with Crippen LogP contribution in [0.2, 0.25) is 0 Å². The van der Waals surface area contributed by atoms with Gasteiger partial charge in [-0.2, -0.15) is 0 Å². The van der Waals surface area contributed by atoms with E-state index in [2.05, 4.69) is 33.2 Å². The Hall–Kier alpha value is -0.780. The molecule has 1 aromatic rings. The summed E-state index contributed by atoms with van der Waals surface area (Å²) in [4.78, 5) is 11.7. The second-order valence-corrected chi connectivity index (χ2v) is 5.40. The number of nitrogens with one attached hydrogen (secondary N) is 2. The lowest BCUT2D eigenvalue weighted by molar-refractivity contribution is -0.121. The van der Waals surface area contributed by atoms with Gasteiger partial charge in [0.2, 0.25) is 5.91 Å². The first kappa shape index (κ1) is 11.7. The lowest BCUT2D eigenvalue weighted by atomic mass is 10.2. The molecule has 0 aromatic heterocycles. The molecule has 1 fully saturated rings. The Kier molecular flexibility index (Phi) is 3.68. The Morgan fingerprint density at radius 1 is 1.38 bits per heavy atom. The van der Waals surface area contributed by atoms with Crippen molar-refractivity contribution in [2.75, 3.05) is 5.32 Å². The van der Waals surface area contributed by atoms with Gasteiger partial charge in [-0.25, -0.2) is 0 Å². The van der Waals surface area contributed by atoms with E-state index in [1.807, 2.05) is 31.2 Å². The van der Waals surface area contributed by atoms with Crippen LogP contribution in [0.4, 0.5) is 5.69 Å². The van der Waals surface area contributed by atoms with Crippen molar-refractivity contribution in [3.8, 4) is 0 Å². The van der Waals surface area contributed by atoms with Crippen molar-refractivity contribution in [1.82, 2.24) is 5.32 Å². The molecule has 3 nitrogen and oxygen atoms in total. The van der Waals surface area contributed by atoms with Gasteiger partial charge in [0.05, 0.1) is 0 Å². The molecule has 0 aliphatic heterocycles. The van der Waals surface area contributed by atoms with Crippen LogP contribution in [-0.2, 0) is 4.79 Å². The topological polar surface area (TPSA) is 41.1 Å². The Labute approximate surface area is 109 Å². The number of amides is 1. The van der Waals surface area contributed by atoms with E-state index in [1.54, 1.807) is 0 Å². The molecule has 0 heterocycles. The molecule has 1 aromatic carbocycles. The zero-order chi connectivity index (χ0) is 11.5. The van der Waals surface area contributed by atoms with Gasteiger partial charge in [0.25, 0.3) is 0 Å². The molecule has 1 aliphatic rings. The minimum absolute atomic E-state index is 0.0843. The average molecular weight is 330 g/mol. The smallest absolute Gasteiger partial charge is 0.242 e. The minimum atomic E-state index is -0.180. The SMILES string of the molecule is C[C@@H](Nc1ccc(I)cc1)C(=O)NC1CC1. The van der Waals surface area contributed by atoms with Gasteiger partial charge in [-0.15, -0.1) is 0 Å². The van der Waals surface area contributed by atoms with Gasteiger partial charge in [-0.1, -0.05) is 0 Å². The largest absolute Gasteiger partial charge is 0.374 e. The van der Waals surface area contributed by atoms with Crippen LogP contribution < -0.4 is 10.6 Å². The van der Waals surface area contributed by atoms with Crippen molar-refractivity contribution >= 4 is 34.2 Å². The predicted octanol–water partition coefficient (Wildman–Crippen LogP) is 2.37. The molecule has 0 saturated heterocycles. The summed E-state index contributed by atoms with van der Waals surface area (Å²) in [7, 11) is 0. The molecule has 86 valence electrons.